The van der Waals surface area contributed by atoms with Gasteiger partial charge in [-0.05, 0) is 49.4 Å². The monoisotopic (exact) mass is 1380 g/mol. The lowest BCUT2D eigenvalue weighted by Crippen LogP contribution is -2.30. The van der Waals surface area contributed by atoms with E-state index in [1.54, 1.807) is 0 Å². The summed E-state index contributed by atoms with van der Waals surface area (Å²) in [5.41, 5.74) is 0. The molecule has 0 saturated heterocycles. The SMILES string of the molecule is CCC(C)CCCCCCCCCCCCCCCCC(=O)O[C@H](COC(=O)CCCCCCCCCCCCC(C)C)COP(=O)(O)OC[C@@H](O)COP(=O)(O)OC[C@@H](COC(=O)CCCCCCCCC(C)CC)OC(=O)CCCCCCCCCCCCC(C)C. The fraction of sp³-hybridized carbons (Fsp3) is 0.947. The highest BCUT2D eigenvalue weighted by Gasteiger charge is 2.30. The first kappa shape index (κ1) is 92.1. The maximum Gasteiger partial charge on any atom is 0.472 e. The standard InChI is InChI=1S/C75H146O17P2/c1-9-67(7)53-45-37-29-23-15-13-11-12-14-16-25-31-41-49-57-74(79)91-70(61-85-72(77)55-47-39-30-24-19-17-21-27-35-43-51-65(3)4)63-89-93(81,82)87-59-69(76)60-88-94(83,84)90-64-71(62-86-73(78)56-48-40-34-33-38-46-54-68(8)10-2)92-75(80)58-50-42-32-26-20-18-22-28-36-44-52-66(5)6/h65-71,76H,9-64H2,1-8H3,(H,81,82)(H,83,84)/t67?,68?,69-,70-,71-/m1/s1. The van der Waals surface area contributed by atoms with Crippen LogP contribution in [0.2, 0.25) is 0 Å². The van der Waals surface area contributed by atoms with E-state index in [9.17, 15) is 43.2 Å². The Morgan fingerprint density at radius 3 is 0.755 bits per heavy atom. The van der Waals surface area contributed by atoms with Crippen molar-refractivity contribution < 1.29 is 80.2 Å². The number of hydrogen-bond donors (Lipinski definition) is 3. The van der Waals surface area contributed by atoms with Gasteiger partial charge in [0.05, 0.1) is 26.4 Å². The molecule has 0 aromatic carbocycles. The normalized spacial score (nSPS) is 14.7. The second kappa shape index (κ2) is 64.4. The molecule has 17 nitrogen and oxygen atoms in total. The predicted molar refractivity (Wildman–Crippen MR) is 381 cm³/mol. The van der Waals surface area contributed by atoms with Crippen LogP contribution in [0, 0.1) is 23.7 Å². The fourth-order valence-corrected chi connectivity index (χ4v) is 12.9. The molecule has 0 radical (unpaired) electrons. The predicted octanol–water partition coefficient (Wildman–Crippen LogP) is 21.7. The van der Waals surface area contributed by atoms with Crippen molar-refractivity contribution in [1.29, 1.82) is 0 Å². The van der Waals surface area contributed by atoms with Crippen molar-refractivity contribution >= 4 is 39.5 Å². The summed E-state index contributed by atoms with van der Waals surface area (Å²) in [5.74, 6) is 0.964. The molecule has 0 rings (SSSR count). The van der Waals surface area contributed by atoms with Gasteiger partial charge in [0.15, 0.2) is 12.2 Å². The lowest BCUT2D eigenvalue weighted by Gasteiger charge is -2.21. The van der Waals surface area contributed by atoms with Crippen LogP contribution in [-0.2, 0) is 65.4 Å². The van der Waals surface area contributed by atoms with Gasteiger partial charge >= 0.3 is 39.5 Å². The number of phosphoric acid groups is 2. The molecule has 0 bridgehead atoms. The molecular formula is C75H146O17P2. The van der Waals surface area contributed by atoms with E-state index in [0.717, 1.165) is 120 Å². The van der Waals surface area contributed by atoms with Crippen LogP contribution in [0.25, 0.3) is 0 Å². The summed E-state index contributed by atoms with van der Waals surface area (Å²) in [7, 11) is -9.91. The van der Waals surface area contributed by atoms with Gasteiger partial charge in [0.25, 0.3) is 0 Å². The Kier molecular flexibility index (Phi) is 63.1. The third-order valence-corrected chi connectivity index (χ3v) is 19.9. The summed E-state index contributed by atoms with van der Waals surface area (Å²) < 4.78 is 68.5. The molecule has 7 atom stereocenters. The highest BCUT2D eigenvalue weighted by Crippen LogP contribution is 2.45. The number of ether oxygens (including phenoxy) is 4. The van der Waals surface area contributed by atoms with Gasteiger partial charge in [0.2, 0.25) is 0 Å². The molecule has 0 fully saturated rings. The summed E-state index contributed by atoms with van der Waals surface area (Å²) in [6.45, 7) is 14.2. The van der Waals surface area contributed by atoms with Crippen LogP contribution in [0.15, 0.2) is 0 Å². The van der Waals surface area contributed by atoms with Crippen molar-refractivity contribution in [3.63, 3.8) is 0 Å². The molecule has 3 N–H and O–H groups in total. The Hall–Kier alpha value is -1.94. The van der Waals surface area contributed by atoms with Gasteiger partial charge < -0.3 is 33.8 Å². The number of phosphoric ester groups is 2. The van der Waals surface area contributed by atoms with E-state index in [-0.39, 0.29) is 25.7 Å². The molecule has 0 aromatic heterocycles. The summed E-state index contributed by atoms with van der Waals surface area (Å²) in [6, 6.07) is 0. The van der Waals surface area contributed by atoms with Crippen molar-refractivity contribution in [2.45, 2.75) is 395 Å². The summed E-state index contributed by atoms with van der Waals surface area (Å²) in [5, 5.41) is 10.6. The van der Waals surface area contributed by atoms with Gasteiger partial charge in [-0.25, -0.2) is 9.13 Å². The fourth-order valence-electron chi connectivity index (χ4n) is 11.3. The van der Waals surface area contributed by atoms with Crippen molar-refractivity contribution in [2.24, 2.45) is 23.7 Å². The lowest BCUT2D eigenvalue weighted by atomic mass is 9.99. The highest BCUT2D eigenvalue weighted by molar-refractivity contribution is 7.47. The lowest BCUT2D eigenvalue weighted by molar-refractivity contribution is -0.161. The summed E-state index contributed by atoms with van der Waals surface area (Å²) >= 11 is 0. The summed E-state index contributed by atoms with van der Waals surface area (Å²) in [4.78, 5) is 72.8. The number of carbonyl (C=O) groups is 4. The number of esters is 4. The highest BCUT2D eigenvalue weighted by atomic mass is 31.2. The molecule has 0 aliphatic carbocycles. The van der Waals surface area contributed by atoms with Crippen LogP contribution in [0.1, 0.15) is 376 Å². The third-order valence-electron chi connectivity index (χ3n) is 18.0. The van der Waals surface area contributed by atoms with E-state index in [1.165, 1.54) is 173 Å². The van der Waals surface area contributed by atoms with Gasteiger partial charge in [-0.2, -0.15) is 0 Å². The van der Waals surface area contributed by atoms with E-state index in [0.29, 0.717) is 25.7 Å². The van der Waals surface area contributed by atoms with Gasteiger partial charge in [0, 0.05) is 25.7 Å². The first-order valence-corrected chi connectivity index (χ1v) is 41.8. The van der Waals surface area contributed by atoms with Crippen molar-refractivity contribution in [3.05, 3.63) is 0 Å². The Morgan fingerprint density at radius 1 is 0.298 bits per heavy atom. The topological polar surface area (TPSA) is 237 Å². The number of aliphatic hydroxyl groups excluding tert-OH is 1. The van der Waals surface area contributed by atoms with Crippen LogP contribution in [0.4, 0.5) is 0 Å². The van der Waals surface area contributed by atoms with Crippen LogP contribution in [0.3, 0.4) is 0 Å². The number of aliphatic hydroxyl groups is 1. The van der Waals surface area contributed by atoms with Crippen molar-refractivity contribution in [1.82, 2.24) is 0 Å². The van der Waals surface area contributed by atoms with Gasteiger partial charge in [-0.15, -0.1) is 0 Å². The van der Waals surface area contributed by atoms with E-state index in [4.69, 9.17) is 37.0 Å². The zero-order chi connectivity index (χ0) is 69.6. The average molecular weight is 1380 g/mol. The summed E-state index contributed by atoms with van der Waals surface area (Å²) in [6.07, 6.45) is 48.5. The smallest absolute Gasteiger partial charge is 0.462 e. The van der Waals surface area contributed by atoms with Crippen molar-refractivity contribution in [3.8, 4) is 0 Å². The minimum absolute atomic E-state index is 0.105. The number of unbranched alkanes of at least 4 members (excludes halogenated alkanes) is 36. The third kappa shape index (κ3) is 66.0. The van der Waals surface area contributed by atoms with E-state index in [2.05, 4.69) is 55.4 Å². The Balaban J connectivity index is 5.25. The first-order chi connectivity index (χ1) is 45.2. The van der Waals surface area contributed by atoms with E-state index < -0.39 is 97.5 Å². The molecule has 94 heavy (non-hydrogen) atoms. The van der Waals surface area contributed by atoms with Gasteiger partial charge in [-0.3, -0.25) is 37.3 Å². The minimum atomic E-state index is -4.96. The average Bonchev–Trinajstić information content (AvgIpc) is 1.45. The second-order valence-corrected chi connectivity index (χ2v) is 31.4. The molecule has 0 amide bonds. The van der Waals surface area contributed by atoms with Crippen LogP contribution < -0.4 is 0 Å². The largest absolute Gasteiger partial charge is 0.472 e. The zero-order valence-corrected chi connectivity index (χ0v) is 63.4. The molecule has 0 heterocycles. The Labute approximate surface area is 575 Å². The maximum atomic E-state index is 13.1. The quantitative estimate of drug-likeness (QED) is 0.0222. The molecule has 4 unspecified atom stereocenters. The Morgan fingerprint density at radius 2 is 0.511 bits per heavy atom. The molecule has 0 aliphatic rings. The van der Waals surface area contributed by atoms with Gasteiger partial charge in [0.1, 0.15) is 19.3 Å². The van der Waals surface area contributed by atoms with Crippen LogP contribution in [-0.4, -0.2) is 96.7 Å². The van der Waals surface area contributed by atoms with E-state index >= 15 is 0 Å². The van der Waals surface area contributed by atoms with Crippen LogP contribution >= 0.6 is 15.6 Å². The molecule has 0 spiro atoms. The molecular weight excluding hydrogens is 1230 g/mol. The minimum Gasteiger partial charge on any atom is -0.462 e. The van der Waals surface area contributed by atoms with Gasteiger partial charge in [-0.1, -0.05) is 325 Å². The molecule has 0 saturated carbocycles. The first-order valence-electron chi connectivity index (χ1n) is 38.8. The maximum absolute atomic E-state index is 13.1. The number of rotatable bonds is 72. The second-order valence-electron chi connectivity index (χ2n) is 28.5. The van der Waals surface area contributed by atoms with Crippen LogP contribution in [0.5, 0.6) is 0 Å². The molecule has 19 heteroatoms. The Bertz CT molecular complexity index is 1850. The zero-order valence-electron chi connectivity index (χ0n) is 61.6. The molecule has 0 aliphatic heterocycles. The molecule has 558 valence electrons. The van der Waals surface area contributed by atoms with E-state index in [1.807, 2.05) is 0 Å². The number of carbonyl (C=O) groups excluding carboxylic acids is 4. The van der Waals surface area contributed by atoms with Crippen molar-refractivity contribution in [2.75, 3.05) is 39.6 Å². The molecule has 0 aromatic rings. The number of hydrogen-bond acceptors (Lipinski definition) is 15.